The molecule has 0 spiro atoms. The van der Waals surface area contributed by atoms with Crippen LogP contribution in [0.3, 0.4) is 0 Å². The van der Waals surface area contributed by atoms with E-state index in [0.29, 0.717) is 6.54 Å². The quantitative estimate of drug-likeness (QED) is 0.313. The van der Waals surface area contributed by atoms with E-state index in [1.54, 1.807) is 0 Å². The van der Waals surface area contributed by atoms with Gasteiger partial charge in [0.1, 0.15) is 6.17 Å². The van der Waals surface area contributed by atoms with Gasteiger partial charge in [0.05, 0.1) is 4.95 Å². The number of carbonyl (C=O) groups excluding carboxylic acids is 1. The van der Waals surface area contributed by atoms with Gasteiger partial charge in [-0.3, -0.25) is 15.4 Å². The molecule has 12 heavy (non-hydrogen) atoms. The Hall–Kier alpha value is -0.170. The van der Waals surface area contributed by atoms with Crippen LogP contribution in [0.2, 0.25) is 0 Å². The van der Waals surface area contributed by atoms with Crippen molar-refractivity contribution in [3.8, 4) is 0 Å². The minimum absolute atomic E-state index is 0.0849. The first-order valence-electron chi connectivity index (χ1n) is 3.66. The van der Waals surface area contributed by atoms with Gasteiger partial charge in [0.15, 0.2) is 6.23 Å². The van der Waals surface area contributed by atoms with Crippen LogP contribution < -0.4 is 16.4 Å². The second-order valence-corrected chi connectivity index (χ2v) is 3.70. The average molecular weight is 238 g/mol. The molecule has 0 aliphatic carbocycles. The van der Waals surface area contributed by atoms with Crippen LogP contribution in [0.25, 0.3) is 0 Å². The second-order valence-electron chi connectivity index (χ2n) is 2.60. The molecule has 1 fully saturated rings. The summed E-state index contributed by atoms with van der Waals surface area (Å²) in [4.78, 5) is 10.7. The van der Waals surface area contributed by atoms with Crippen LogP contribution in [-0.2, 0) is 9.53 Å². The molecule has 0 aromatic rings. The number of hydrogen-bond acceptors (Lipinski definition) is 5. The zero-order valence-electron chi connectivity index (χ0n) is 6.71. The van der Waals surface area contributed by atoms with Crippen molar-refractivity contribution in [2.24, 2.45) is 5.73 Å². The number of ether oxygens (including phenoxy) is 1. The highest BCUT2D eigenvalue weighted by atomic mass is 79.9. The number of piperazine rings is 1. The van der Waals surface area contributed by atoms with Gasteiger partial charge in [-0.15, -0.1) is 0 Å². The van der Waals surface area contributed by atoms with Gasteiger partial charge in [0, 0.05) is 13.5 Å². The minimum Gasteiger partial charge on any atom is -0.444 e. The monoisotopic (exact) mass is 237 g/mol. The number of nitrogens with two attached hydrogens (primary N) is 1. The molecule has 1 aliphatic rings. The third kappa shape index (κ3) is 2.71. The first-order valence-corrected chi connectivity index (χ1v) is 4.57. The molecule has 0 amide bonds. The summed E-state index contributed by atoms with van der Waals surface area (Å²) in [7, 11) is 0. The summed E-state index contributed by atoms with van der Waals surface area (Å²) in [5, 5.41) is 5.96. The van der Waals surface area contributed by atoms with E-state index in [9.17, 15) is 4.79 Å². The Morgan fingerprint density at radius 2 is 2.42 bits per heavy atom. The normalized spacial score (nSPS) is 36.1. The first-order chi connectivity index (χ1) is 5.59. The Bertz CT molecular complexity index is 178. The van der Waals surface area contributed by atoms with Crippen molar-refractivity contribution in [2.75, 3.05) is 6.54 Å². The average Bonchev–Trinajstić information content (AvgIpc) is 1.96. The molecule has 0 aromatic carbocycles. The van der Waals surface area contributed by atoms with Crippen LogP contribution in [0.4, 0.5) is 0 Å². The lowest BCUT2D eigenvalue weighted by atomic mass is 10.3. The zero-order chi connectivity index (χ0) is 9.14. The molecular formula is C6H12BrN3O2. The summed E-state index contributed by atoms with van der Waals surface area (Å²) in [5.74, 6) is -0.341. The van der Waals surface area contributed by atoms with Crippen molar-refractivity contribution in [3.05, 3.63) is 0 Å². The Morgan fingerprint density at radius 1 is 1.75 bits per heavy atom. The summed E-state index contributed by atoms with van der Waals surface area (Å²) < 4.78 is 4.91. The lowest BCUT2D eigenvalue weighted by Gasteiger charge is -2.32. The molecule has 5 nitrogen and oxygen atoms in total. The molecule has 70 valence electrons. The number of nitrogens with one attached hydrogen (secondary N) is 2. The van der Waals surface area contributed by atoms with E-state index in [1.165, 1.54) is 6.92 Å². The van der Waals surface area contributed by atoms with Gasteiger partial charge >= 0.3 is 5.97 Å². The summed E-state index contributed by atoms with van der Waals surface area (Å²) in [6.07, 6.45) is -0.802. The van der Waals surface area contributed by atoms with E-state index in [2.05, 4.69) is 26.6 Å². The number of rotatable bonds is 1. The van der Waals surface area contributed by atoms with E-state index >= 15 is 0 Å². The van der Waals surface area contributed by atoms with E-state index < -0.39 is 6.23 Å². The van der Waals surface area contributed by atoms with Crippen molar-refractivity contribution >= 4 is 21.9 Å². The number of hydrogen-bond donors (Lipinski definition) is 3. The highest BCUT2D eigenvalue weighted by molar-refractivity contribution is 9.09. The Balaban J connectivity index is 2.43. The highest BCUT2D eigenvalue weighted by Crippen LogP contribution is 2.04. The zero-order valence-corrected chi connectivity index (χ0v) is 8.30. The molecule has 6 heteroatoms. The van der Waals surface area contributed by atoms with Gasteiger partial charge in [-0.05, 0) is 0 Å². The summed E-state index contributed by atoms with van der Waals surface area (Å²) in [6.45, 7) is 2.06. The molecule has 1 aliphatic heterocycles. The van der Waals surface area contributed by atoms with Gasteiger partial charge in [-0.2, -0.15) is 0 Å². The molecule has 1 saturated heterocycles. The number of halogens is 1. The lowest BCUT2D eigenvalue weighted by molar-refractivity contribution is -0.150. The van der Waals surface area contributed by atoms with Crippen molar-refractivity contribution in [3.63, 3.8) is 0 Å². The number of carbonyl (C=O) groups is 1. The smallest absolute Gasteiger partial charge is 0.304 e. The maximum Gasteiger partial charge on any atom is 0.304 e. The Morgan fingerprint density at radius 3 is 3.00 bits per heavy atom. The molecule has 1 heterocycles. The van der Waals surface area contributed by atoms with Gasteiger partial charge in [-0.25, -0.2) is 0 Å². The molecule has 3 unspecified atom stereocenters. The van der Waals surface area contributed by atoms with Crippen molar-refractivity contribution in [1.29, 1.82) is 0 Å². The summed E-state index contributed by atoms with van der Waals surface area (Å²) >= 11 is 3.33. The second kappa shape index (κ2) is 4.18. The van der Waals surface area contributed by atoms with E-state index in [4.69, 9.17) is 10.5 Å². The maximum atomic E-state index is 10.6. The van der Waals surface area contributed by atoms with Crippen molar-refractivity contribution < 1.29 is 9.53 Å². The van der Waals surface area contributed by atoms with E-state index in [-0.39, 0.29) is 17.1 Å². The van der Waals surface area contributed by atoms with Crippen LogP contribution in [0.15, 0.2) is 0 Å². The van der Waals surface area contributed by atoms with Crippen LogP contribution in [0.1, 0.15) is 6.92 Å². The lowest BCUT2D eigenvalue weighted by Crippen LogP contribution is -2.64. The Kier molecular flexibility index (Phi) is 3.45. The van der Waals surface area contributed by atoms with Gasteiger partial charge < -0.3 is 10.5 Å². The Labute approximate surface area is 79.1 Å². The SMILES string of the molecule is CC(=O)OC1NC(Br)CNC1N. The van der Waals surface area contributed by atoms with Crippen molar-refractivity contribution in [2.45, 2.75) is 24.3 Å². The molecule has 4 N–H and O–H groups in total. The molecule has 0 saturated carbocycles. The fraction of sp³-hybridized carbons (Fsp3) is 0.833. The van der Waals surface area contributed by atoms with Crippen molar-refractivity contribution in [1.82, 2.24) is 10.6 Å². The summed E-state index contributed by atoms with van der Waals surface area (Å²) in [5.41, 5.74) is 5.62. The standard InChI is InChI=1S/C6H12BrN3O2/c1-3(11)12-6-5(8)9-2-4(7)10-6/h4-6,9-10H,2,8H2,1H3. The third-order valence-corrected chi connectivity index (χ3v) is 2.09. The van der Waals surface area contributed by atoms with Crippen LogP contribution >= 0.6 is 15.9 Å². The van der Waals surface area contributed by atoms with E-state index in [0.717, 1.165) is 0 Å². The molecule has 0 radical (unpaired) electrons. The van der Waals surface area contributed by atoms with Crippen LogP contribution in [-0.4, -0.2) is 29.9 Å². The van der Waals surface area contributed by atoms with Crippen LogP contribution in [0, 0.1) is 0 Å². The molecule has 0 aromatic heterocycles. The molecule has 3 atom stereocenters. The van der Waals surface area contributed by atoms with Crippen LogP contribution in [0.5, 0.6) is 0 Å². The summed E-state index contributed by atoms with van der Waals surface area (Å²) in [6, 6.07) is 0. The topological polar surface area (TPSA) is 76.4 Å². The van der Waals surface area contributed by atoms with Gasteiger partial charge in [0.25, 0.3) is 0 Å². The third-order valence-electron chi connectivity index (χ3n) is 1.50. The molecule has 0 bridgehead atoms. The number of alkyl halides is 1. The van der Waals surface area contributed by atoms with Gasteiger partial charge in [-0.1, -0.05) is 15.9 Å². The van der Waals surface area contributed by atoms with Gasteiger partial charge in [0.2, 0.25) is 0 Å². The maximum absolute atomic E-state index is 10.6. The first kappa shape index (κ1) is 9.91. The molecular weight excluding hydrogens is 226 g/mol. The van der Waals surface area contributed by atoms with E-state index in [1.807, 2.05) is 0 Å². The fourth-order valence-corrected chi connectivity index (χ4v) is 1.42. The fourth-order valence-electron chi connectivity index (χ4n) is 0.974. The predicted octanol–water partition coefficient (Wildman–Crippen LogP) is -0.926. The number of esters is 1. The minimum atomic E-state index is -0.458. The predicted molar refractivity (Wildman–Crippen MR) is 47.4 cm³/mol. The highest BCUT2D eigenvalue weighted by Gasteiger charge is 2.27. The largest absolute Gasteiger partial charge is 0.444 e. The molecule has 1 rings (SSSR count).